The number of piperidine rings is 1. The van der Waals surface area contributed by atoms with Crippen LogP contribution in [0.4, 0.5) is 4.79 Å². The smallest absolute Gasteiger partial charge is 0.314 e. The molecule has 1 heterocycles. The van der Waals surface area contributed by atoms with E-state index in [1.54, 1.807) is 7.11 Å². The number of likely N-dealkylation sites (tertiary alicyclic amines) is 1. The first-order chi connectivity index (χ1) is 12.0. The van der Waals surface area contributed by atoms with Crippen molar-refractivity contribution < 1.29 is 9.53 Å². The Morgan fingerprint density at radius 1 is 1.20 bits per heavy atom. The summed E-state index contributed by atoms with van der Waals surface area (Å²) in [5, 5.41) is 5.98. The van der Waals surface area contributed by atoms with Gasteiger partial charge in [-0.05, 0) is 43.8 Å². The highest BCUT2D eigenvalue weighted by Gasteiger charge is 2.27. The first-order valence-corrected chi connectivity index (χ1v) is 9.40. The summed E-state index contributed by atoms with van der Waals surface area (Å²) in [5.41, 5.74) is 1.14. The van der Waals surface area contributed by atoms with Crippen LogP contribution in [0.1, 0.15) is 45.2 Å². The van der Waals surface area contributed by atoms with Crippen molar-refractivity contribution in [2.24, 2.45) is 11.8 Å². The number of amides is 2. The van der Waals surface area contributed by atoms with Crippen LogP contribution in [0.3, 0.4) is 0 Å². The van der Waals surface area contributed by atoms with Gasteiger partial charge in [-0.1, -0.05) is 39.0 Å². The largest absolute Gasteiger partial charge is 0.496 e. The summed E-state index contributed by atoms with van der Waals surface area (Å²) in [6.07, 6.45) is 2.40. The van der Waals surface area contributed by atoms with Crippen LogP contribution < -0.4 is 15.4 Å². The minimum Gasteiger partial charge on any atom is -0.496 e. The zero-order valence-electron chi connectivity index (χ0n) is 16.0. The fourth-order valence-corrected chi connectivity index (χ4v) is 3.27. The molecule has 1 saturated heterocycles. The molecule has 1 atom stereocenters. The summed E-state index contributed by atoms with van der Waals surface area (Å²) < 4.78 is 5.57. The van der Waals surface area contributed by atoms with E-state index in [-0.39, 0.29) is 12.1 Å². The zero-order chi connectivity index (χ0) is 18.2. The number of ether oxygens (including phenoxy) is 1. The third-order valence-corrected chi connectivity index (χ3v) is 4.88. The zero-order valence-corrected chi connectivity index (χ0v) is 16.0. The quantitative estimate of drug-likeness (QED) is 0.794. The van der Waals surface area contributed by atoms with E-state index in [0.29, 0.717) is 19.0 Å². The van der Waals surface area contributed by atoms with Crippen molar-refractivity contribution in [1.82, 2.24) is 15.5 Å². The van der Waals surface area contributed by atoms with Crippen LogP contribution in [-0.4, -0.2) is 44.2 Å². The average Bonchev–Trinajstić information content (AvgIpc) is 2.62. The summed E-state index contributed by atoms with van der Waals surface area (Å²) in [4.78, 5) is 14.6. The minimum absolute atomic E-state index is 0.0982. The second-order valence-corrected chi connectivity index (χ2v) is 7.46. The topological polar surface area (TPSA) is 53.6 Å². The number of para-hydroxylation sites is 1. The van der Waals surface area contributed by atoms with Gasteiger partial charge in [0.25, 0.3) is 0 Å². The van der Waals surface area contributed by atoms with Crippen LogP contribution in [0.25, 0.3) is 0 Å². The number of carbonyl (C=O) groups is 1. The second-order valence-electron chi connectivity index (χ2n) is 7.46. The van der Waals surface area contributed by atoms with Crippen molar-refractivity contribution in [3.05, 3.63) is 29.8 Å². The molecule has 2 rings (SSSR count). The van der Waals surface area contributed by atoms with Crippen molar-refractivity contribution in [3.63, 3.8) is 0 Å². The van der Waals surface area contributed by atoms with Gasteiger partial charge in [0.1, 0.15) is 5.75 Å². The number of urea groups is 1. The van der Waals surface area contributed by atoms with Gasteiger partial charge < -0.3 is 15.4 Å². The van der Waals surface area contributed by atoms with Gasteiger partial charge in [0.2, 0.25) is 0 Å². The third-order valence-electron chi connectivity index (χ3n) is 4.88. The predicted octanol–water partition coefficient (Wildman–Crippen LogP) is 3.42. The minimum atomic E-state index is -0.0982. The number of methoxy groups -OCH3 is 1. The van der Waals surface area contributed by atoms with Crippen LogP contribution in [0.2, 0.25) is 0 Å². The highest BCUT2D eigenvalue weighted by Crippen LogP contribution is 2.31. The van der Waals surface area contributed by atoms with Crippen LogP contribution in [0.5, 0.6) is 5.75 Å². The van der Waals surface area contributed by atoms with Crippen molar-refractivity contribution in [3.8, 4) is 5.75 Å². The Balaban J connectivity index is 2.08. The Kier molecular flexibility index (Phi) is 7.56. The van der Waals surface area contributed by atoms with Crippen molar-refractivity contribution in [2.75, 3.05) is 33.3 Å². The van der Waals surface area contributed by atoms with E-state index in [0.717, 1.165) is 30.3 Å². The van der Waals surface area contributed by atoms with E-state index < -0.39 is 0 Å². The molecule has 1 aliphatic rings. The van der Waals surface area contributed by atoms with Gasteiger partial charge in [-0.25, -0.2) is 4.79 Å². The maximum Gasteiger partial charge on any atom is 0.314 e. The van der Waals surface area contributed by atoms with Crippen molar-refractivity contribution in [1.29, 1.82) is 0 Å². The summed E-state index contributed by atoms with van der Waals surface area (Å²) in [6.45, 7) is 9.87. The molecule has 2 N–H and O–H groups in total. The Morgan fingerprint density at radius 3 is 2.48 bits per heavy atom. The van der Waals surface area contributed by atoms with Gasteiger partial charge in [-0.2, -0.15) is 0 Å². The van der Waals surface area contributed by atoms with Crippen LogP contribution in [0, 0.1) is 11.8 Å². The van der Waals surface area contributed by atoms with E-state index in [1.165, 1.54) is 12.8 Å². The average molecular weight is 348 g/mol. The molecular formula is C20H33N3O2. The molecule has 0 bridgehead atoms. The Hall–Kier alpha value is -1.75. The van der Waals surface area contributed by atoms with E-state index >= 15 is 0 Å². The summed E-state index contributed by atoms with van der Waals surface area (Å²) in [6, 6.07) is 8.16. The highest BCUT2D eigenvalue weighted by atomic mass is 16.5. The van der Waals surface area contributed by atoms with Crippen molar-refractivity contribution >= 4 is 6.03 Å². The molecule has 0 aromatic heterocycles. The molecule has 1 aromatic carbocycles. The molecule has 1 unspecified atom stereocenters. The number of nitrogens with zero attached hydrogens (tertiary/aromatic N) is 1. The molecule has 0 radical (unpaired) electrons. The number of nitrogens with one attached hydrogen (secondary N) is 2. The fraction of sp³-hybridized carbons (Fsp3) is 0.650. The number of hydrogen-bond acceptors (Lipinski definition) is 3. The molecule has 140 valence electrons. The van der Waals surface area contributed by atoms with E-state index in [9.17, 15) is 4.79 Å². The molecule has 0 saturated carbocycles. The molecule has 1 fully saturated rings. The van der Waals surface area contributed by atoms with E-state index in [1.807, 2.05) is 18.2 Å². The molecule has 25 heavy (non-hydrogen) atoms. The second kappa shape index (κ2) is 9.66. The lowest BCUT2D eigenvalue weighted by Gasteiger charge is -2.37. The Bertz CT molecular complexity index is 539. The first kappa shape index (κ1) is 19.6. The molecule has 1 aliphatic heterocycles. The lowest BCUT2D eigenvalue weighted by atomic mass is 9.95. The lowest BCUT2D eigenvalue weighted by molar-refractivity contribution is 0.134. The maximum atomic E-state index is 12.1. The SMILES string of the molecule is COc1ccccc1C(CNC(=O)NCC(C)C)N1CCC(C)CC1. The molecular weight excluding hydrogens is 314 g/mol. The van der Waals surface area contributed by atoms with Crippen molar-refractivity contribution in [2.45, 2.75) is 39.7 Å². The standard InChI is InChI=1S/C20H33N3O2/c1-15(2)13-21-20(24)22-14-18(23-11-9-16(3)10-12-23)17-7-5-6-8-19(17)25-4/h5-8,15-16,18H,9-14H2,1-4H3,(H2,21,22,24). The molecule has 5 nitrogen and oxygen atoms in total. The molecule has 0 spiro atoms. The van der Waals surface area contributed by atoms with Gasteiger partial charge in [0.15, 0.2) is 0 Å². The first-order valence-electron chi connectivity index (χ1n) is 9.40. The highest BCUT2D eigenvalue weighted by molar-refractivity contribution is 5.73. The number of benzene rings is 1. The lowest BCUT2D eigenvalue weighted by Crippen LogP contribution is -2.45. The molecule has 5 heteroatoms. The van der Waals surface area contributed by atoms with Gasteiger partial charge in [0.05, 0.1) is 13.2 Å². The summed E-state index contributed by atoms with van der Waals surface area (Å²) in [5.74, 6) is 2.10. The number of carbonyl (C=O) groups excluding carboxylic acids is 1. The van der Waals surface area contributed by atoms with Crippen LogP contribution in [0.15, 0.2) is 24.3 Å². The molecule has 0 aliphatic carbocycles. The summed E-state index contributed by atoms with van der Waals surface area (Å²) >= 11 is 0. The van der Waals surface area contributed by atoms with Crippen LogP contribution in [-0.2, 0) is 0 Å². The monoisotopic (exact) mass is 347 g/mol. The predicted molar refractivity (Wildman–Crippen MR) is 102 cm³/mol. The number of hydrogen-bond donors (Lipinski definition) is 2. The molecule has 1 aromatic rings. The normalized spacial score (nSPS) is 17.3. The van der Waals surface area contributed by atoms with Gasteiger partial charge >= 0.3 is 6.03 Å². The van der Waals surface area contributed by atoms with Gasteiger partial charge in [0, 0.05) is 18.7 Å². The maximum absolute atomic E-state index is 12.1. The number of rotatable bonds is 7. The van der Waals surface area contributed by atoms with Gasteiger partial charge in [-0.3, -0.25) is 4.90 Å². The fourth-order valence-electron chi connectivity index (χ4n) is 3.27. The Labute approximate surface area is 152 Å². The van der Waals surface area contributed by atoms with Gasteiger partial charge in [-0.15, -0.1) is 0 Å². The third kappa shape index (κ3) is 5.92. The Morgan fingerprint density at radius 2 is 1.84 bits per heavy atom. The summed E-state index contributed by atoms with van der Waals surface area (Å²) in [7, 11) is 1.71. The van der Waals surface area contributed by atoms with Crippen LogP contribution >= 0.6 is 0 Å². The van der Waals surface area contributed by atoms with E-state index in [2.05, 4.69) is 42.4 Å². The van der Waals surface area contributed by atoms with E-state index in [4.69, 9.17) is 4.74 Å². The molecule has 2 amide bonds.